The van der Waals surface area contributed by atoms with Gasteiger partial charge in [-0.15, -0.1) is 0 Å². The van der Waals surface area contributed by atoms with E-state index in [0.717, 1.165) is 26.1 Å². The molecule has 5 nitrogen and oxygen atoms in total. The average molecular weight is 317 g/mol. The second-order valence-corrected chi connectivity index (χ2v) is 8.96. The Labute approximate surface area is 130 Å². The molecule has 2 heterocycles. The van der Waals surface area contributed by atoms with Gasteiger partial charge in [0, 0.05) is 25.2 Å². The van der Waals surface area contributed by atoms with E-state index >= 15 is 0 Å². The van der Waals surface area contributed by atoms with E-state index in [1.54, 1.807) is 4.31 Å². The van der Waals surface area contributed by atoms with Gasteiger partial charge in [0.15, 0.2) is 0 Å². The van der Waals surface area contributed by atoms with Crippen molar-refractivity contribution >= 4 is 10.0 Å². The summed E-state index contributed by atoms with van der Waals surface area (Å²) in [6.45, 7) is 7.53. The highest BCUT2D eigenvalue weighted by Crippen LogP contribution is 2.30. The number of rotatable bonds is 6. The van der Waals surface area contributed by atoms with Crippen LogP contribution in [-0.4, -0.2) is 68.7 Å². The highest BCUT2D eigenvalue weighted by atomic mass is 32.2. The number of nitrogens with zero attached hydrogens (tertiary/aromatic N) is 2. The minimum absolute atomic E-state index is 0.278. The van der Waals surface area contributed by atoms with Crippen molar-refractivity contribution in [3.05, 3.63) is 0 Å². The summed E-state index contributed by atoms with van der Waals surface area (Å²) >= 11 is 0. The van der Waals surface area contributed by atoms with Crippen molar-refractivity contribution in [2.45, 2.75) is 51.6 Å². The first-order chi connectivity index (χ1) is 9.90. The highest BCUT2D eigenvalue weighted by Gasteiger charge is 2.37. The van der Waals surface area contributed by atoms with Crippen LogP contribution in [0.25, 0.3) is 0 Å². The molecule has 0 aromatic heterocycles. The Morgan fingerprint density at radius 2 is 2.00 bits per heavy atom. The van der Waals surface area contributed by atoms with Gasteiger partial charge in [-0.25, -0.2) is 12.7 Å². The number of sulfonamides is 1. The smallest absolute Gasteiger partial charge is 0.214 e. The highest BCUT2D eigenvalue weighted by molar-refractivity contribution is 7.89. The van der Waals surface area contributed by atoms with Crippen LogP contribution in [0.1, 0.15) is 39.5 Å². The lowest BCUT2D eigenvalue weighted by atomic mass is 9.85. The maximum Gasteiger partial charge on any atom is 0.214 e. The van der Waals surface area contributed by atoms with E-state index in [4.69, 9.17) is 0 Å². The zero-order chi connectivity index (χ0) is 15.5. The first-order valence-electron chi connectivity index (χ1n) is 8.31. The lowest BCUT2D eigenvalue weighted by molar-refractivity contribution is 0.0671. The molecule has 124 valence electrons. The summed E-state index contributed by atoms with van der Waals surface area (Å²) in [6.07, 6.45) is 4.06. The zero-order valence-electron chi connectivity index (χ0n) is 13.7. The van der Waals surface area contributed by atoms with Gasteiger partial charge < -0.3 is 10.2 Å². The van der Waals surface area contributed by atoms with Crippen LogP contribution in [0.2, 0.25) is 0 Å². The van der Waals surface area contributed by atoms with Gasteiger partial charge in [0.05, 0.1) is 5.75 Å². The number of likely N-dealkylation sites (tertiary alicyclic amines) is 1. The van der Waals surface area contributed by atoms with Crippen LogP contribution in [0.15, 0.2) is 0 Å². The van der Waals surface area contributed by atoms with Gasteiger partial charge in [-0.2, -0.15) is 0 Å². The molecule has 0 aromatic carbocycles. The van der Waals surface area contributed by atoms with E-state index in [1.165, 1.54) is 12.8 Å². The van der Waals surface area contributed by atoms with E-state index in [2.05, 4.69) is 31.1 Å². The van der Waals surface area contributed by atoms with Crippen molar-refractivity contribution in [2.24, 2.45) is 5.92 Å². The molecule has 0 aromatic rings. The van der Waals surface area contributed by atoms with E-state index in [-0.39, 0.29) is 5.75 Å². The topological polar surface area (TPSA) is 52.7 Å². The fraction of sp³-hybridized carbons (Fsp3) is 1.00. The van der Waals surface area contributed by atoms with Gasteiger partial charge in [0.25, 0.3) is 0 Å². The van der Waals surface area contributed by atoms with Crippen molar-refractivity contribution in [3.8, 4) is 0 Å². The molecule has 2 atom stereocenters. The molecule has 2 fully saturated rings. The fourth-order valence-electron chi connectivity index (χ4n) is 3.65. The van der Waals surface area contributed by atoms with E-state index in [9.17, 15) is 8.42 Å². The van der Waals surface area contributed by atoms with Gasteiger partial charge in [0.1, 0.15) is 0 Å². The molecule has 2 saturated heterocycles. The average Bonchev–Trinajstić information content (AvgIpc) is 2.43. The van der Waals surface area contributed by atoms with E-state index in [1.807, 2.05) is 0 Å². The summed E-state index contributed by atoms with van der Waals surface area (Å²) in [6, 6.07) is 1.01. The fourth-order valence-corrected chi connectivity index (χ4v) is 5.22. The van der Waals surface area contributed by atoms with E-state index < -0.39 is 10.0 Å². The predicted octanol–water partition coefficient (Wildman–Crippen LogP) is 1.12. The monoisotopic (exact) mass is 317 g/mol. The number of nitrogens with one attached hydrogen (secondary N) is 1. The van der Waals surface area contributed by atoms with Crippen molar-refractivity contribution in [1.82, 2.24) is 14.5 Å². The summed E-state index contributed by atoms with van der Waals surface area (Å²) in [5.41, 5.74) is 0. The Kier molecular flexibility index (Phi) is 6.05. The maximum atomic E-state index is 12.5. The molecule has 0 bridgehead atoms. The van der Waals surface area contributed by atoms with Crippen LogP contribution in [0.4, 0.5) is 0 Å². The molecule has 0 amide bonds. The SMILES string of the molecule is CC(C)NCCCS(=O)(=O)N1CCC2C(CCCN2C)C1. The number of hydrogen-bond acceptors (Lipinski definition) is 4. The Morgan fingerprint density at radius 3 is 2.71 bits per heavy atom. The van der Waals surface area contributed by atoms with Gasteiger partial charge >= 0.3 is 0 Å². The molecule has 2 rings (SSSR count). The molecular formula is C15H31N3O2S. The van der Waals surface area contributed by atoms with Crippen molar-refractivity contribution < 1.29 is 8.42 Å². The Balaban J connectivity index is 1.84. The number of fused-ring (bicyclic) bond motifs is 1. The Hall–Kier alpha value is -0.170. The van der Waals surface area contributed by atoms with Crippen LogP contribution in [-0.2, 0) is 10.0 Å². The first kappa shape index (κ1) is 17.2. The third kappa shape index (κ3) is 4.65. The number of piperidine rings is 2. The maximum absolute atomic E-state index is 12.5. The van der Waals surface area contributed by atoms with Gasteiger partial charge in [-0.05, 0) is 51.7 Å². The normalized spacial score (nSPS) is 28.8. The van der Waals surface area contributed by atoms with Gasteiger partial charge in [-0.1, -0.05) is 13.8 Å². The zero-order valence-corrected chi connectivity index (χ0v) is 14.5. The Bertz CT molecular complexity index is 425. The summed E-state index contributed by atoms with van der Waals surface area (Å²) in [7, 11) is -0.895. The third-order valence-electron chi connectivity index (χ3n) is 4.83. The standard InChI is InChI=1S/C15H31N3O2S/c1-13(2)16-8-5-11-21(19,20)18-10-7-15-14(12-18)6-4-9-17(15)3/h13-16H,4-12H2,1-3H3. The summed E-state index contributed by atoms with van der Waals surface area (Å²) < 4.78 is 26.7. The van der Waals surface area contributed by atoms with Gasteiger partial charge in [0.2, 0.25) is 10.0 Å². The van der Waals surface area contributed by atoms with Crippen molar-refractivity contribution in [2.75, 3.05) is 39.0 Å². The summed E-state index contributed by atoms with van der Waals surface area (Å²) in [5, 5.41) is 3.28. The molecule has 0 saturated carbocycles. The summed E-state index contributed by atoms with van der Waals surface area (Å²) in [5.74, 6) is 0.806. The predicted molar refractivity (Wildman–Crippen MR) is 86.9 cm³/mol. The quantitative estimate of drug-likeness (QED) is 0.746. The van der Waals surface area contributed by atoms with Crippen LogP contribution >= 0.6 is 0 Å². The Morgan fingerprint density at radius 1 is 1.24 bits per heavy atom. The second-order valence-electron chi connectivity index (χ2n) is 6.88. The number of hydrogen-bond donors (Lipinski definition) is 1. The van der Waals surface area contributed by atoms with E-state index in [0.29, 0.717) is 31.0 Å². The van der Waals surface area contributed by atoms with Crippen molar-refractivity contribution in [3.63, 3.8) is 0 Å². The summed E-state index contributed by atoms with van der Waals surface area (Å²) in [4.78, 5) is 2.42. The molecule has 21 heavy (non-hydrogen) atoms. The molecule has 2 aliphatic heterocycles. The second kappa shape index (κ2) is 7.40. The molecule has 0 radical (unpaired) electrons. The molecule has 0 spiro atoms. The lowest BCUT2D eigenvalue weighted by Gasteiger charge is -2.45. The molecule has 0 aliphatic carbocycles. The van der Waals surface area contributed by atoms with Crippen molar-refractivity contribution in [1.29, 1.82) is 0 Å². The molecule has 1 N–H and O–H groups in total. The first-order valence-corrected chi connectivity index (χ1v) is 9.92. The minimum atomic E-state index is -3.07. The van der Waals surface area contributed by atoms with Crippen LogP contribution in [0.3, 0.4) is 0 Å². The van der Waals surface area contributed by atoms with Gasteiger partial charge in [-0.3, -0.25) is 0 Å². The molecule has 6 heteroatoms. The van der Waals surface area contributed by atoms with Crippen LogP contribution in [0.5, 0.6) is 0 Å². The lowest BCUT2D eigenvalue weighted by Crippen LogP contribution is -2.54. The molecule has 2 aliphatic rings. The van der Waals surface area contributed by atoms with Crippen LogP contribution in [0, 0.1) is 5.92 Å². The van der Waals surface area contributed by atoms with Crippen LogP contribution < -0.4 is 5.32 Å². The molecule has 2 unspecified atom stereocenters. The minimum Gasteiger partial charge on any atom is -0.314 e. The largest absolute Gasteiger partial charge is 0.314 e. The third-order valence-corrected chi connectivity index (χ3v) is 6.76. The molecular weight excluding hydrogens is 286 g/mol.